The van der Waals surface area contributed by atoms with E-state index in [1.54, 1.807) is 0 Å². The number of Topliss-reactive ketones (excluding diaryl/α,β-unsaturated/α-hetero) is 1. The predicted molar refractivity (Wildman–Crippen MR) is 80.3 cm³/mol. The van der Waals surface area contributed by atoms with Gasteiger partial charge in [-0.2, -0.15) is 0 Å². The van der Waals surface area contributed by atoms with E-state index in [4.69, 9.17) is 0 Å². The largest absolute Gasteiger partial charge is 0.336 e. The fourth-order valence-corrected chi connectivity index (χ4v) is 2.82. The molecule has 1 aliphatic heterocycles. The number of amides is 2. The number of nitrogens with zero attached hydrogens (tertiary/aromatic N) is 2. The summed E-state index contributed by atoms with van der Waals surface area (Å²) < 4.78 is 0. The van der Waals surface area contributed by atoms with Crippen LogP contribution >= 0.6 is 11.3 Å². The molecule has 0 unspecified atom stereocenters. The number of thiophene rings is 1. The number of rotatable bonds is 4. The minimum atomic E-state index is -0.00997. The smallest absolute Gasteiger partial charge is 0.317 e. The summed E-state index contributed by atoms with van der Waals surface area (Å²) in [6.45, 7) is 7.21. The van der Waals surface area contributed by atoms with E-state index >= 15 is 0 Å². The van der Waals surface area contributed by atoms with Crippen LogP contribution in [-0.4, -0.2) is 60.4 Å². The Balaban J connectivity index is 1.77. The lowest BCUT2D eigenvalue weighted by Gasteiger charge is -2.34. The summed E-state index contributed by atoms with van der Waals surface area (Å²) >= 11 is 1.48. The first kappa shape index (κ1) is 15.0. The van der Waals surface area contributed by atoms with Crippen molar-refractivity contribution in [1.82, 2.24) is 15.1 Å². The molecule has 0 radical (unpaired) electrons. The van der Waals surface area contributed by atoms with Crippen molar-refractivity contribution in [3.05, 3.63) is 22.4 Å². The van der Waals surface area contributed by atoms with Crippen LogP contribution in [0.1, 0.15) is 23.5 Å². The Hall–Kier alpha value is -1.40. The third-order valence-corrected chi connectivity index (χ3v) is 4.15. The topological polar surface area (TPSA) is 52.7 Å². The predicted octanol–water partition coefficient (Wildman–Crippen LogP) is 1.67. The van der Waals surface area contributed by atoms with Crippen LogP contribution in [0.2, 0.25) is 0 Å². The first-order chi connectivity index (χ1) is 9.56. The summed E-state index contributed by atoms with van der Waals surface area (Å²) in [7, 11) is 0. The number of urea groups is 1. The lowest BCUT2D eigenvalue weighted by atomic mass is 10.2. The molecule has 0 aromatic carbocycles. The van der Waals surface area contributed by atoms with E-state index in [1.807, 2.05) is 36.3 Å². The molecule has 1 N–H and O–H groups in total. The number of ketones is 1. The number of hydrogen-bond acceptors (Lipinski definition) is 4. The third kappa shape index (κ3) is 4.05. The zero-order valence-corrected chi connectivity index (χ0v) is 12.8. The molecule has 1 fully saturated rings. The Morgan fingerprint density at radius 3 is 2.55 bits per heavy atom. The highest BCUT2D eigenvalue weighted by Gasteiger charge is 2.23. The molecule has 2 heterocycles. The van der Waals surface area contributed by atoms with Gasteiger partial charge < -0.3 is 10.2 Å². The molecule has 0 spiro atoms. The molecule has 110 valence electrons. The Kier molecular flexibility index (Phi) is 5.14. The summed E-state index contributed by atoms with van der Waals surface area (Å²) in [5, 5.41) is 4.81. The molecule has 5 nitrogen and oxygen atoms in total. The summed E-state index contributed by atoms with van der Waals surface area (Å²) in [6.07, 6.45) is 0. The van der Waals surface area contributed by atoms with Crippen molar-refractivity contribution in [3.63, 3.8) is 0 Å². The van der Waals surface area contributed by atoms with E-state index in [9.17, 15) is 9.59 Å². The fourth-order valence-electron chi connectivity index (χ4n) is 2.17. The number of piperazine rings is 1. The van der Waals surface area contributed by atoms with Crippen molar-refractivity contribution >= 4 is 23.2 Å². The van der Waals surface area contributed by atoms with E-state index in [1.165, 1.54) is 11.3 Å². The van der Waals surface area contributed by atoms with Crippen LogP contribution in [0.4, 0.5) is 4.79 Å². The van der Waals surface area contributed by atoms with Gasteiger partial charge in [-0.25, -0.2) is 4.79 Å². The molecule has 1 aliphatic rings. The number of nitrogens with one attached hydrogen (secondary N) is 1. The first-order valence-corrected chi connectivity index (χ1v) is 7.78. The lowest BCUT2D eigenvalue weighted by Crippen LogP contribution is -2.53. The molecular weight excluding hydrogens is 274 g/mol. The van der Waals surface area contributed by atoms with Crippen molar-refractivity contribution in [3.8, 4) is 0 Å². The van der Waals surface area contributed by atoms with Crippen molar-refractivity contribution in [2.75, 3.05) is 32.7 Å². The van der Waals surface area contributed by atoms with Gasteiger partial charge in [0.25, 0.3) is 0 Å². The second-order valence-corrected chi connectivity index (χ2v) is 6.22. The molecule has 2 amide bonds. The highest BCUT2D eigenvalue weighted by molar-refractivity contribution is 7.12. The van der Waals surface area contributed by atoms with Gasteiger partial charge in [-0.15, -0.1) is 11.3 Å². The van der Waals surface area contributed by atoms with Crippen LogP contribution in [0.15, 0.2) is 17.5 Å². The van der Waals surface area contributed by atoms with Gasteiger partial charge in [0.15, 0.2) is 5.78 Å². The molecule has 1 aromatic rings. The Bertz CT molecular complexity index is 451. The molecule has 1 aromatic heterocycles. The minimum absolute atomic E-state index is 0.00997. The van der Waals surface area contributed by atoms with Gasteiger partial charge in [0, 0.05) is 32.2 Å². The fraction of sp³-hybridized carbons (Fsp3) is 0.571. The van der Waals surface area contributed by atoms with Crippen molar-refractivity contribution in [1.29, 1.82) is 0 Å². The lowest BCUT2D eigenvalue weighted by molar-refractivity contribution is 0.0881. The van der Waals surface area contributed by atoms with Gasteiger partial charge in [0.1, 0.15) is 0 Å². The van der Waals surface area contributed by atoms with Crippen LogP contribution in [-0.2, 0) is 0 Å². The molecule has 6 heteroatoms. The van der Waals surface area contributed by atoms with E-state index in [-0.39, 0.29) is 17.9 Å². The SMILES string of the molecule is CC(C)NC(=O)N1CCN(CC(=O)c2cccs2)CC1. The molecule has 20 heavy (non-hydrogen) atoms. The van der Waals surface area contributed by atoms with Gasteiger partial charge in [0.05, 0.1) is 11.4 Å². The van der Waals surface area contributed by atoms with E-state index in [0.717, 1.165) is 18.0 Å². The maximum atomic E-state index is 12.0. The molecule has 0 saturated carbocycles. The second kappa shape index (κ2) is 6.85. The minimum Gasteiger partial charge on any atom is -0.336 e. The van der Waals surface area contributed by atoms with Crippen LogP contribution in [0.25, 0.3) is 0 Å². The monoisotopic (exact) mass is 295 g/mol. The highest BCUT2D eigenvalue weighted by atomic mass is 32.1. The molecule has 0 bridgehead atoms. The summed E-state index contributed by atoms with van der Waals surface area (Å²) in [4.78, 5) is 28.6. The standard InChI is InChI=1S/C14H21N3O2S/c1-11(2)15-14(19)17-7-5-16(6-8-17)10-12(18)13-4-3-9-20-13/h3-4,9,11H,5-8,10H2,1-2H3,(H,15,19). The molecule has 1 saturated heterocycles. The number of carbonyl (C=O) groups is 2. The zero-order valence-electron chi connectivity index (χ0n) is 12.0. The molecule has 0 atom stereocenters. The van der Waals surface area contributed by atoms with E-state index < -0.39 is 0 Å². The van der Waals surface area contributed by atoms with Crippen LogP contribution in [0.5, 0.6) is 0 Å². The van der Waals surface area contributed by atoms with Crippen LogP contribution < -0.4 is 5.32 Å². The maximum absolute atomic E-state index is 12.0. The maximum Gasteiger partial charge on any atom is 0.317 e. The summed E-state index contributed by atoms with van der Waals surface area (Å²) in [5.41, 5.74) is 0. The molecular formula is C14H21N3O2S. The van der Waals surface area contributed by atoms with Crippen LogP contribution in [0.3, 0.4) is 0 Å². The molecule has 0 aliphatic carbocycles. The highest BCUT2D eigenvalue weighted by Crippen LogP contribution is 2.11. The number of hydrogen-bond donors (Lipinski definition) is 1. The van der Waals surface area contributed by atoms with Gasteiger partial charge in [0.2, 0.25) is 0 Å². The normalized spacial score (nSPS) is 16.4. The van der Waals surface area contributed by atoms with Crippen LogP contribution in [0, 0.1) is 0 Å². The summed E-state index contributed by atoms with van der Waals surface area (Å²) in [5.74, 6) is 0.167. The summed E-state index contributed by atoms with van der Waals surface area (Å²) in [6, 6.07) is 3.90. The third-order valence-electron chi connectivity index (χ3n) is 3.23. The van der Waals surface area contributed by atoms with Crippen molar-refractivity contribution < 1.29 is 9.59 Å². The Morgan fingerprint density at radius 2 is 2.00 bits per heavy atom. The first-order valence-electron chi connectivity index (χ1n) is 6.91. The second-order valence-electron chi connectivity index (χ2n) is 5.27. The number of carbonyl (C=O) groups excluding carboxylic acids is 2. The quantitative estimate of drug-likeness (QED) is 0.860. The Morgan fingerprint density at radius 1 is 1.30 bits per heavy atom. The van der Waals surface area contributed by atoms with E-state index in [0.29, 0.717) is 19.6 Å². The average molecular weight is 295 g/mol. The van der Waals surface area contributed by atoms with Gasteiger partial charge >= 0.3 is 6.03 Å². The van der Waals surface area contributed by atoms with Gasteiger partial charge in [-0.05, 0) is 25.3 Å². The van der Waals surface area contributed by atoms with Gasteiger partial charge in [-0.1, -0.05) is 6.07 Å². The van der Waals surface area contributed by atoms with Crippen molar-refractivity contribution in [2.45, 2.75) is 19.9 Å². The average Bonchev–Trinajstić information content (AvgIpc) is 2.92. The van der Waals surface area contributed by atoms with Gasteiger partial charge in [-0.3, -0.25) is 9.69 Å². The van der Waals surface area contributed by atoms with Crippen molar-refractivity contribution in [2.24, 2.45) is 0 Å². The molecule has 2 rings (SSSR count). The zero-order chi connectivity index (χ0) is 14.5. The Labute approximate surface area is 123 Å². The van der Waals surface area contributed by atoms with E-state index in [2.05, 4.69) is 10.2 Å².